The summed E-state index contributed by atoms with van der Waals surface area (Å²) in [5.41, 5.74) is 2.10. The zero-order valence-electron chi connectivity index (χ0n) is 19.1. The van der Waals surface area contributed by atoms with E-state index in [1.165, 1.54) is 25.7 Å². The Hall–Kier alpha value is -2.68. The minimum absolute atomic E-state index is 0.108. The van der Waals surface area contributed by atoms with Crippen molar-refractivity contribution in [1.82, 2.24) is 30.0 Å². The van der Waals surface area contributed by atoms with Gasteiger partial charge in [-0.05, 0) is 52.6 Å². The van der Waals surface area contributed by atoms with Crippen molar-refractivity contribution in [3.63, 3.8) is 0 Å². The molecular formula is C25H29ClN6O2. The predicted octanol–water partition coefficient (Wildman–Crippen LogP) is 3.75. The number of benzene rings is 2. The van der Waals surface area contributed by atoms with Crippen LogP contribution in [0.2, 0.25) is 5.02 Å². The molecule has 0 spiro atoms. The first kappa shape index (κ1) is 21.8. The van der Waals surface area contributed by atoms with Crippen LogP contribution in [-0.2, 0) is 6.54 Å². The first-order chi connectivity index (χ1) is 16.8. The monoisotopic (exact) mass is 480 g/mol. The molecule has 6 rings (SSSR count). The maximum Gasteiger partial charge on any atom is 0.231 e. The molecule has 1 aromatic heterocycles. The van der Waals surface area contributed by atoms with Crippen molar-refractivity contribution < 1.29 is 9.47 Å². The summed E-state index contributed by atoms with van der Waals surface area (Å²) < 4.78 is 12.9. The van der Waals surface area contributed by atoms with Crippen molar-refractivity contribution in [1.29, 1.82) is 0 Å². The lowest BCUT2D eigenvalue weighted by molar-refractivity contribution is 0.0771. The molecule has 0 N–H and O–H groups in total. The number of hydrogen-bond donors (Lipinski definition) is 0. The van der Waals surface area contributed by atoms with Gasteiger partial charge < -0.3 is 9.47 Å². The largest absolute Gasteiger partial charge is 0.454 e. The Bertz CT molecular complexity index is 1140. The molecule has 1 atom stereocenters. The highest BCUT2D eigenvalue weighted by Crippen LogP contribution is 2.35. The molecule has 1 saturated heterocycles. The van der Waals surface area contributed by atoms with Crippen molar-refractivity contribution in [3.8, 4) is 11.5 Å². The third-order valence-corrected chi connectivity index (χ3v) is 7.67. The number of aromatic nitrogens is 4. The maximum absolute atomic E-state index is 6.72. The van der Waals surface area contributed by atoms with E-state index in [2.05, 4.69) is 31.4 Å². The van der Waals surface area contributed by atoms with E-state index in [9.17, 15) is 0 Å². The third-order valence-electron chi connectivity index (χ3n) is 7.33. The first-order valence-corrected chi connectivity index (χ1v) is 12.5. The van der Waals surface area contributed by atoms with Crippen LogP contribution in [0, 0.1) is 0 Å². The standard InChI is InChI=1S/C25H29ClN6O2/c26-21-8-4-3-7-20(21)24(31-13-11-30(12-14-31)19-5-1-2-6-19)25-27-28-29-32(25)16-18-9-10-22-23(15-18)34-17-33-22/h3-4,7-10,15,19,24H,1-2,5-6,11-14,16-17H2. The first-order valence-electron chi connectivity index (χ1n) is 12.1. The van der Waals surface area contributed by atoms with Gasteiger partial charge in [-0.15, -0.1) is 5.10 Å². The summed E-state index contributed by atoms with van der Waals surface area (Å²) in [6, 6.07) is 14.7. The van der Waals surface area contributed by atoms with Crippen LogP contribution < -0.4 is 9.47 Å². The van der Waals surface area contributed by atoms with Gasteiger partial charge in [0.2, 0.25) is 6.79 Å². The van der Waals surface area contributed by atoms with Gasteiger partial charge in [0.1, 0.15) is 0 Å². The molecule has 2 aromatic carbocycles. The van der Waals surface area contributed by atoms with Gasteiger partial charge in [0, 0.05) is 37.2 Å². The van der Waals surface area contributed by atoms with E-state index in [0.29, 0.717) is 6.54 Å². The molecule has 8 nitrogen and oxygen atoms in total. The summed E-state index contributed by atoms with van der Waals surface area (Å²) in [6.07, 6.45) is 5.40. The Morgan fingerprint density at radius 1 is 0.971 bits per heavy atom. The van der Waals surface area contributed by atoms with Crippen molar-refractivity contribution in [3.05, 3.63) is 64.4 Å². The van der Waals surface area contributed by atoms with Crippen LogP contribution in [0.25, 0.3) is 0 Å². The molecule has 9 heteroatoms. The second-order valence-electron chi connectivity index (χ2n) is 9.32. The number of halogens is 1. The lowest BCUT2D eigenvalue weighted by Gasteiger charge is -2.41. The van der Waals surface area contributed by atoms with Crippen molar-refractivity contribution in [2.45, 2.75) is 44.3 Å². The number of tetrazole rings is 1. The molecule has 0 amide bonds. The molecule has 1 saturated carbocycles. The SMILES string of the molecule is Clc1ccccc1C(c1nnnn1Cc1ccc2c(c1)OCO2)N1CCN(C2CCCC2)CC1. The summed E-state index contributed by atoms with van der Waals surface area (Å²) >= 11 is 6.72. The van der Waals surface area contributed by atoms with Gasteiger partial charge in [0.25, 0.3) is 0 Å². The van der Waals surface area contributed by atoms with Crippen LogP contribution in [0.4, 0.5) is 0 Å². The van der Waals surface area contributed by atoms with E-state index in [1.807, 2.05) is 41.1 Å². The van der Waals surface area contributed by atoms with E-state index in [4.69, 9.17) is 21.1 Å². The van der Waals surface area contributed by atoms with Crippen LogP contribution >= 0.6 is 11.6 Å². The van der Waals surface area contributed by atoms with Crippen molar-refractivity contribution >= 4 is 11.6 Å². The Labute approximate surface area is 204 Å². The molecule has 34 heavy (non-hydrogen) atoms. The highest BCUT2D eigenvalue weighted by molar-refractivity contribution is 6.31. The van der Waals surface area contributed by atoms with Crippen molar-refractivity contribution in [2.24, 2.45) is 0 Å². The fraction of sp³-hybridized carbons (Fsp3) is 0.480. The van der Waals surface area contributed by atoms with Crippen LogP contribution in [0.1, 0.15) is 48.7 Å². The normalized spacial score (nSPS) is 20.1. The average Bonchev–Trinajstić information content (AvgIpc) is 3.64. The summed E-state index contributed by atoms with van der Waals surface area (Å²) in [5.74, 6) is 2.34. The summed E-state index contributed by atoms with van der Waals surface area (Å²) in [6.45, 7) is 4.86. The molecule has 2 aliphatic heterocycles. The molecule has 178 valence electrons. The maximum atomic E-state index is 6.72. The summed E-state index contributed by atoms with van der Waals surface area (Å²) in [5, 5.41) is 13.7. The molecule has 1 unspecified atom stereocenters. The van der Waals surface area contributed by atoms with E-state index in [0.717, 1.165) is 65.7 Å². The Morgan fingerprint density at radius 3 is 2.59 bits per heavy atom. The fourth-order valence-electron chi connectivity index (χ4n) is 5.56. The third kappa shape index (κ3) is 4.26. The number of fused-ring (bicyclic) bond motifs is 1. The minimum Gasteiger partial charge on any atom is -0.454 e. The van der Waals surface area contributed by atoms with E-state index in [1.54, 1.807) is 0 Å². The van der Waals surface area contributed by atoms with Gasteiger partial charge in [-0.25, -0.2) is 4.68 Å². The molecule has 3 aliphatic rings. The van der Waals surface area contributed by atoms with Gasteiger partial charge in [-0.3, -0.25) is 9.80 Å². The average molecular weight is 481 g/mol. The van der Waals surface area contributed by atoms with E-state index >= 15 is 0 Å². The van der Waals surface area contributed by atoms with Crippen LogP contribution in [0.15, 0.2) is 42.5 Å². The molecule has 2 fully saturated rings. The Morgan fingerprint density at radius 2 is 1.76 bits per heavy atom. The Kier molecular flexibility index (Phi) is 6.11. The number of piperazine rings is 1. The number of ether oxygens (including phenoxy) is 2. The smallest absolute Gasteiger partial charge is 0.231 e. The predicted molar refractivity (Wildman–Crippen MR) is 128 cm³/mol. The van der Waals surface area contributed by atoms with Crippen molar-refractivity contribution in [2.75, 3.05) is 33.0 Å². The highest BCUT2D eigenvalue weighted by Gasteiger charge is 2.34. The lowest BCUT2D eigenvalue weighted by atomic mass is 10.0. The molecule has 0 bridgehead atoms. The van der Waals surface area contributed by atoms with Crippen LogP contribution in [0.5, 0.6) is 11.5 Å². The van der Waals surface area contributed by atoms with Gasteiger partial charge >= 0.3 is 0 Å². The molecule has 3 heterocycles. The zero-order chi connectivity index (χ0) is 22.9. The minimum atomic E-state index is -0.108. The summed E-state index contributed by atoms with van der Waals surface area (Å²) in [7, 11) is 0. The second-order valence-corrected chi connectivity index (χ2v) is 9.72. The second kappa shape index (κ2) is 9.52. The van der Waals surface area contributed by atoms with Crippen LogP contribution in [0.3, 0.4) is 0 Å². The van der Waals surface area contributed by atoms with Gasteiger partial charge in [0.15, 0.2) is 17.3 Å². The Balaban J connectivity index is 1.28. The molecule has 0 radical (unpaired) electrons. The quantitative estimate of drug-likeness (QED) is 0.532. The van der Waals surface area contributed by atoms with E-state index in [-0.39, 0.29) is 12.8 Å². The summed E-state index contributed by atoms with van der Waals surface area (Å²) in [4.78, 5) is 5.15. The van der Waals surface area contributed by atoms with Gasteiger partial charge in [0.05, 0.1) is 12.6 Å². The molecule has 3 aromatic rings. The van der Waals surface area contributed by atoms with Gasteiger partial charge in [-0.2, -0.15) is 0 Å². The number of rotatable bonds is 6. The van der Waals surface area contributed by atoms with E-state index < -0.39 is 0 Å². The zero-order valence-corrected chi connectivity index (χ0v) is 19.9. The van der Waals surface area contributed by atoms with Crippen LogP contribution in [-0.4, -0.2) is 69.0 Å². The fourth-order valence-corrected chi connectivity index (χ4v) is 5.80. The highest BCUT2D eigenvalue weighted by atomic mass is 35.5. The number of nitrogens with zero attached hydrogens (tertiary/aromatic N) is 6. The lowest BCUT2D eigenvalue weighted by Crippen LogP contribution is -2.51. The van der Waals surface area contributed by atoms with Gasteiger partial charge in [-0.1, -0.05) is 48.7 Å². The molecule has 1 aliphatic carbocycles. The number of hydrogen-bond acceptors (Lipinski definition) is 7. The molecular weight excluding hydrogens is 452 g/mol. The topological polar surface area (TPSA) is 68.5 Å².